The first kappa shape index (κ1) is 14.5. The van der Waals surface area contributed by atoms with Crippen LogP contribution in [-0.4, -0.2) is 36.6 Å². The summed E-state index contributed by atoms with van der Waals surface area (Å²) in [4.78, 5) is 2.63. The van der Waals surface area contributed by atoms with Crippen LogP contribution in [0.2, 0.25) is 0 Å². The lowest BCUT2D eigenvalue weighted by molar-refractivity contribution is 0.103. The second-order valence-electron chi connectivity index (χ2n) is 6.60. The molecule has 0 aliphatic carbocycles. The highest BCUT2D eigenvalue weighted by Crippen LogP contribution is 2.26. The van der Waals surface area contributed by atoms with E-state index in [2.05, 4.69) is 57.0 Å². The van der Waals surface area contributed by atoms with E-state index in [1.54, 1.807) is 0 Å². The van der Waals surface area contributed by atoms with Gasteiger partial charge in [-0.05, 0) is 57.7 Å². The van der Waals surface area contributed by atoms with E-state index in [0.29, 0.717) is 0 Å². The number of hydrogen-bond acceptors (Lipinski definition) is 2. The van der Waals surface area contributed by atoms with Crippen molar-refractivity contribution in [3.8, 4) is 0 Å². The number of rotatable bonds is 3. The topological polar surface area (TPSA) is 15.3 Å². The van der Waals surface area contributed by atoms with Crippen LogP contribution in [0.5, 0.6) is 0 Å². The average molecular weight is 260 g/mol. The molecule has 0 spiro atoms. The molecule has 1 aromatic carbocycles. The molecule has 1 heterocycles. The van der Waals surface area contributed by atoms with Crippen molar-refractivity contribution in [2.24, 2.45) is 0 Å². The third kappa shape index (κ3) is 3.37. The van der Waals surface area contributed by atoms with E-state index >= 15 is 0 Å². The molecular weight excluding hydrogens is 232 g/mol. The lowest BCUT2D eigenvalue weighted by Crippen LogP contribution is -2.54. The van der Waals surface area contributed by atoms with Crippen LogP contribution in [0.3, 0.4) is 0 Å². The van der Waals surface area contributed by atoms with Crippen molar-refractivity contribution in [3.63, 3.8) is 0 Å². The molecule has 0 unspecified atom stereocenters. The number of nitrogens with one attached hydrogen (secondary N) is 1. The molecule has 0 radical (unpaired) electrons. The third-order valence-corrected chi connectivity index (χ3v) is 4.42. The predicted molar refractivity (Wildman–Crippen MR) is 82.9 cm³/mol. The molecule has 1 aliphatic rings. The van der Waals surface area contributed by atoms with Gasteiger partial charge in [-0.2, -0.15) is 0 Å². The second kappa shape index (κ2) is 5.64. The van der Waals surface area contributed by atoms with Crippen molar-refractivity contribution in [2.75, 3.05) is 26.2 Å². The highest BCUT2D eigenvalue weighted by molar-refractivity contribution is 5.38. The summed E-state index contributed by atoms with van der Waals surface area (Å²) in [6.07, 6.45) is 1.14. The van der Waals surface area contributed by atoms with Crippen LogP contribution in [0.15, 0.2) is 12.1 Å². The van der Waals surface area contributed by atoms with Crippen LogP contribution in [0, 0.1) is 20.8 Å². The summed E-state index contributed by atoms with van der Waals surface area (Å²) in [5, 5.41) is 3.44. The third-order valence-electron chi connectivity index (χ3n) is 4.42. The Labute approximate surface area is 118 Å². The number of benzene rings is 1. The first-order chi connectivity index (χ1) is 8.90. The molecule has 0 saturated carbocycles. The van der Waals surface area contributed by atoms with E-state index in [9.17, 15) is 0 Å². The average Bonchev–Trinajstić information content (AvgIpc) is 2.35. The molecule has 0 bridgehead atoms. The van der Waals surface area contributed by atoms with Gasteiger partial charge >= 0.3 is 0 Å². The van der Waals surface area contributed by atoms with Crippen LogP contribution in [0.25, 0.3) is 0 Å². The molecule has 2 heteroatoms. The highest BCUT2D eigenvalue weighted by Gasteiger charge is 2.28. The van der Waals surface area contributed by atoms with Crippen LogP contribution in [-0.2, 0) is 6.42 Å². The zero-order valence-corrected chi connectivity index (χ0v) is 13.1. The minimum atomic E-state index is 0.243. The maximum Gasteiger partial charge on any atom is 0.0194 e. The Bertz CT molecular complexity index is 420. The Balaban J connectivity index is 2.19. The largest absolute Gasteiger partial charge is 0.314 e. The van der Waals surface area contributed by atoms with Crippen molar-refractivity contribution < 1.29 is 0 Å². The molecule has 2 rings (SSSR count). The van der Waals surface area contributed by atoms with Crippen LogP contribution in [0.4, 0.5) is 0 Å². The summed E-state index contributed by atoms with van der Waals surface area (Å²) in [7, 11) is 0. The van der Waals surface area contributed by atoms with Crippen molar-refractivity contribution >= 4 is 0 Å². The molecule has 0 atom stereocenters. The number of nitrogens with zero attached hydrogens (tertiary/aromatic N) is 1. The van der Waals surface area contributed by atoms with Crippen molar-refractivity contribution in [2.45, 2.75) is 46.6 Å². The van der Waals surface area contributed by atoms with Gasteiger partial charge in [0.25, 0.3) is 0 Å². The predicted octanol–water partition coefficient (Wildman–Crippen LogP) is 2.84. The monoisotopic (exact) mass is 260 g/mol. The van der Waals surface area contributed by atoms with Gasteiger partial charge < -0.3 is 5.32 Å². The first-order valence-corrected chi connectivity index (χ1v) is 7.42. The summed E-state index contributed by atoms with van der Waals surface area (Å²) in [5.74, 6) is 0. The summed E-state index contributed by atoms with van der Waals surface area (Å²) >= 11 is 0. The van der Waals surface area contributed by atoms with Crippen LogP contribution < -0.4 is 5.32 Å². The van der Waals surface area contributed by atoms with Gasteiger partial charge in [-0.15, -0.1) is 0 Å². The summed E-state index contributed by atoms with van der Waals surface area (Å²) in [6.45, 7) is 16.0. The van der Waals surface area contributed by atoms with Gasteiger partial charge in [-0.25, -0.2) is 0 Å². The van der Waals surface area contributed by atoms with Crippen molar-refractivity contribution in [3.05, 3.63) is 34.4 Å². The molecule has 2 nitrogen and oxygen atoms in total. The Morgan fingerprint density at radius 2 is 1.58 bits per heavy atom. The van der Waals surface area contributed by atoms with Crippen LogP contribution in [0.1, 0.15) is 36.1 Å². The van der Waals surface area contributed by atoms with Gasteiger partial charge in [0.05, 0.1) is 0 Å². The first-order valence-electron chi connectivity index (χ1n) is 7.42. The van der Waals surface area contributed by atoms with E-state index in [1.165, 1.54) is 22.3 Å². The zero-order chi connectivity index (χ0) is 14.0. The summed E-state index contributed by atoms with van der Waals surface area (Å²) < 4.78 is 0. The Morgan fingerprint density at radius 3 is 2.11 bits per heavy atom. The van der Waals surface area contributed by atoms with Crippen LogP contribution >= 0.6 is 0 Å². The summed E-state index contributed by atoms with van der Waals surface area (Å²) in [5.41, 5.74) is 6.04. The lowest BCUT2D eigenvalue weighted by Gasteiger charge is -2.42. The molecular formula is C17H28N2. The molecule has 1 N–H and O–H groups in total. The van der Waals surface area contributed by atoms with E-state index < -0.39 is 0 Å². The van der Waals surface area contributed by atoms with E-state index in [0.717, 1.165) is 32.6 Å². The quantitative estimate of drug-likeness (QED) is 0.899. The van der Waals surface area contributed by atoms with Gasteiger partial charge in [-0.1, -0.05) is 17.7 Å². The number of piperazine rings is 1. The smallest absolute Gasteiger partial charge is 0.0194 e. The Kier molecular flexibility index (Phi) is 4.32. The van der Waals surface area contributed by atoms with Gasteiger partial charge in [0, 0.05) is 31.7 Å². The normalized spacial score (nSPS) is 17.7. The highest BCUT2D eigenvalue weighted by atomic mass is 15.2. The fourth-order valence-corrected chi connectivity index (χ4v) is 3.30. The molecule has 19 heavy (non-hydrogen) atoms. The zero-order valence-electron chi connectivity index (χ0n) is 13.1. The standard InChI is InChI=1S/C17H28N2/c1-13-10-14(2)16(15(3)11-13)12-17(4,5)19-8-6-18-7-9-19/h10-11,18H,6-9,12H2,1-5H3. The van der Waals surface area contributed by atoms with Gasteiger partial charge in [0.1, 0.15) is 0 Å². The lowest BCUT2D eigenvalue weighted by atomic mass is 9.87. The number of hydrogen-bond donors (Lipinski definition) is 1. The minimum Gasteiger partial charge on any atom is -0.314 e. The van der Waals surface area contributed by atoms with Gasteiger partial charge in [0.2, 0.25) is 0 Å². The molecule has 0 aromatic heterocycles. The van der Waals surface area contributed by atoms with Crippen molar-refractivity contribution in [1.29, 1.82) is 0 Å². The second-order valence-corrected chi connectivity index (χ2v) is 6.60. The van der Waals surface area contributed by atoms with Gasteiger partial charge in [0.15, 0.2) is 0 Å². The molecule has 1 aliphatic heterocycles. The molecule has 1 saturated heterocycles. The molecule has 1 aromatic rings. The SMILES string of the molecule is Cc1cc(C)c(CC(C)(C)N2CCNCC2)c(C)c1. The maximum absolute atomic E-state index is 3.44. The number of aryl methyl sites for hydroxylation is 3. The fraction of sp³-hybridized carbons (Fsp3) is 0.647. The summed E-state index contributed by atoms with van der Waals surface area (Å²) in [6, 6.07) is 4.63. The van der Waals surface area contributed by atoms with E-state index in [1.807, 2.05) is 0 Å². The minimum absolute atomic E-state index is 0.243. The molecule has 1 fully saturated rings. The maximum atomic E-state index is 3.44. The van der Waals surface area contributed by atoms with Gasteiger partial charge in [-0.3, -0.25) is 4.90 Å². The fourth-order valence-electron chi connectivity index (χ4n) is 3.30. The van der Waals surface area contributed by atoms with E-state index in [-0.39, 0.29) is 5.54 Å². The van der Waals surface area contributed by atoms with E-state index in [4.69, 9.17) is 0 Å². The Hall–Kier alpha value is -0.860. The van der Waals surface area contributed by atoms with Crippen molar-refractivity contribution in [1.82, 2.24) is 10.2 Å². The molecule has 106 valence electrons. The Morgan fingerprint density at radius 1 is 1.05 bits per heavy atom. The molecule has 0 amide bonds.